The van der Waals surface area contributed by atoms with Gasteiger partial charge in [0.05, 0.1) is 24.6 Å². The van der Waals surface area contributed by atoms with Gasteiger partial charge in [-0.25, -0.2) is 9.97 Å². The average Bonchev–Trinajstić information content (AvgIpc) is 2.75. The van der Waals surface area contributed by atoms with E-state index >= 15 is 0 Å². The zero-order valence-corrected chi connectivity index (χ0v) is 20.2. The smallest absolute Gasteiger partial charge is 0.223 e. The van der Waals surface area contributed by atoms with Crippen molar-refractivity contribution < 1.29 is 14.3 Å². The van der Waals surface area contributed by atoms with Crippen LogP contribution in [0.4, 0.5) is 5.82 Å². The van der Waals surface area contributed by atoms with E-state index in [1.54, 1.807) is 7.11 Å². The molecular weight excluding hydrogens is 415 g/mol. The summed E-state index contributed by atoms with van der Waals surface area (Å²) in [4.78, 5) is 21.1. The van der Waals surface area contributed by atoms with Crippen molar-refractivity contribution in [3.05, 3.63) is 47.8 Å². The predicted octanol–water partition coefficient (Wildman–Crippen LogP) is 3.27. The molecule has 0 saturated heterocycles. The molecule has 1 aromatic heterocycles. The quantitative estimate of drug-likeness (QED) is 0.490. The lowest BCUT2D eigenvalue weighted by Gasteiger charge is -2.38. The van der Waals surface area contributed by atoms with Gasteiger partial charge in [-0.15, -0.1) is 0 Å². The molecule has 0 bridgehead atoms. The molecular formula is C25H31BN4O3. The van der Waals surface area contributed by atoms with Crippen LogP contribution in [0.25, 0.3) is 10.9 Å². The number of primary amides is 1. The lowest BCUT2D eigenvalue weighted by Crippen LogP contribution is -2.46. The highest BCUT2D eigenvalue weighted by atomic mass is 16.5. The molecule has 0 aliphatic heterocycles. The number of nitrogens with two attached hydrogens (primary N) is 1. The van der Waals surface area contributed by atoms with E-state index in [0.717, 1.165) is 16.5 Å². The van der Waals surface area contributed by atoms with Crippen LogP contribution in [0.2, 0.25) is 0 Å². The van der Waals surface area contributed by atoms with Crippen molar-refractivity contribution in [3.63, 3.8) is 0 Å². The van der Waals surface area contributed by atoms with Crippen molar-refractivity contribution in [3.8, 4) is 11.5 Å². The van der Waals surface area contributed by atoms with Gasteiger partial charge in [-0.3, -0.25) is 4.79 Å². The van der Waals surface area contributed by atoms with E-state index in [1.807, 2.05) is 71.0 Å². The lowest BCUT2D eigenvalue weighted by molar-refractivity contribution is -0.133. The Morgan fingerprint density at radius 2 is 1.85 bits per heavy atom. The Balaban J connectivity index is 1.92. The zero-order chi connectivity index (χ0) is 24.4. The molecule has 3 rings (SSSR count). The van der Waals surface area contributed by atoms with Gasteiger partial charge in [-0.05, 0) is 18.6 Å². The van der Waals surface area contributed by atoms with Crippen LogP contribution in [0.3, 0.4) is 0 Å². The van der Waals surface area contributed by atoms with Crippen molar-refractivity contribution in [2.75, 3.05) is 19.0 Å². The first-order valence-corrected chi connectivity index (χ1v) is 10.8. The van der Waals surface area contributed by atoms with Crippen molar-refractivity contribution in [2.24, 2.45) is 16.6 Å². The Labute approximate surface area is 196 Å². The molecule has 1 amide bonds. The summed E-state index contributed by atoms with van der Waals surface area (Å²) in [6, 6.07) is 11.4. The molecule has 0 atom stereocenters. The highest BCUT2D eigenvalue weighted by Crippen LogP contribution is 2.40. The maximum absolute atomic E-state index is 11.9. The summed E-state index contributed by atoms with van der Waals surface area (Å²) in [5.74, 6) is 2.04. The highest BCUT2D eigenvalue weighted by Gasteiger charge is 2.42. The largest absolute Gasteiger partial charge is 0.493 e. The second-order valence-electron chi connectivity index (χ2n) is 9.40. The minimum absolute atomic E-state index is 0.273. The van der Waals surface area contributed by atoms with Crippen LogP contribution in [0.5, 0.6) is 11.5 Å². The number of nitrogens with one attached hydrogen (secondary N) is 1. The molecule has 3 aromatic rings. The monoisotopic (exact) mass is 446 g/mol. The van der Waals surface area contributed by atoms with E-state index in [1.165, 1.54) is 0 Å². The highest BCUT2D eigenvalue weighted by molar-refractivity contribution is 6.32. The standard InChI is InChI=1S/C25H31BN4O3/c1-15-29-19-12-21(33-14-24(2,3)25(4,5)23(27)31)20(32-6)11-18(19)22(30-15)28-13-16-8-7-9-17(26)10-16/h7-12H,13-14H2,1-6H3,(H2,27,31)(H,28,29,30). The van der Waals surface area contributed by atoms with Gasteiger partial charge in [0, 0.05) is 23.4 Å². The third kappa shape index (κ3) is 5.21. The summed E-state index contributed by atoms with van der Waals surface area (Å²) in [6.45, 7) is 10.2. The van der Waals surface area contributed by atoms with Gasteiger partial charge in [0.25, 0.3) is 0 Å². The molecule has 33 heavy (non-hydrogen) atoms. The van der Waals surface area contributed by atoms with Gasteiger partial charge in [0.1, 0.15) is 19.5 Å². The Morgan fingerprint density at radius 1 is 1.12 bits per heavy atom. The molecule has 7 nitrogen and oxygen atoms in total. The van der Waals surface area contributed by atoms with Gasteiger partial charge < -0.3 is 20.5 Å². The van der Waals surface area contributed by atoms with Crippen molar-refractivity contribution in [1.29, 1.82) is 0 Å². The van der Waals surface area contributed by atoms with E-state index in [-0.39, 0.29) is 12.5 Å². The summed E-state index contributed by atoms with van der Waals surface area (Å²) < 4.78 is 11.7. The molecule has 172 valence electrons. The van der Waals surface area contributed by atoms with Gasteiger partial charge in [-0.1, -0.05) is 57.4 Å². The Hall–Kier alpha value is -3.29. The Kier molecular flexibility index (Phi) is 6.86. The van der Waals surface area contributed by atoms with Crippen LogP contribution in [0, 0.1) is 17.8 Å². The number of fused-ring (bicyclic) bond motifs is 1. The summed E-state index contributed by atoms with van der Waals surface area (Å²) in [7, 11) is 7.47. The van der Waals surface area contributed by atoms with E-state index < -0.39 is 10.8 Å². The number of methoxy groups -OCH3 is 1. The first kappa shape index (κ1) is 24.4. The number of carbonyl (C=O) groups excluding carboxylic acids is 1. The maximum atomic E-state index is 11.9. The lowest BCUT2D eigenvalue weighted by atomic mass is 9.68. The van der Waals surface area contributed by atoms with E-state index in [9.17, 15) is 4.79 Å². The molecule has 2 radical (unpaired) electrons. The van der Waals surface area contributed by atoms with Crippen molar-refractivity contribution >= 4 is 35.9 Å². The van der Waals surface area contributed by atoms with Crippen LogP contribution in [0.1, 0.15) is 39.1 Å². The Bertz CT molecular complexity index is 1180. The number of anilines is 1. The fourth-order valence-corrected chi connectivity index (χ4v) is 3.32. The van der Waals surface area contributed by atoms with Crippen LogP contribution >= 0.6 is 0 Å². The minimum atomic E-state index is -0.756. The third-order valence-corrected chi connectivity index (χ3v) is 6.40. The number of carbonyl (C=O) groups is 1. The third-order valence-electron chi connectivity index (χ3n) is 6.40. The van der Waals surface area contributed by atoms with E-state index in [0.29, 0.717) is 35.1 Å². The molecule has 0 unspecified atom stereocenters. The fraction of sp³-hybridized carbons (Fsp3) is 0.400. The number of aromatic nitrogens is 2. The van der Waals surface area contributed by atoms with Crippen molar-refractivity contribution in [2.45, 2.75) is 41.2 Å². The SMILES string of the molecule is [B]c1cccc(CNc2nc(C)nc3cc(OCC(C)(C)C(C)(C)C(N)=O)c(OC)cc23)c1. The minimum Gasteiger partial charge on any atom is -0.493 e. The van der Waals surface area contributed by atoms with Gasteiger partial charge in [-0.2, -0.15) is 0 Å². The van der Waals surface area contributed by atoms with E-state index in [2.05, 4.69) is 15.3 Å². The molecule has 1 heterocycles. The molecule has 0 fully saturated rings. The first-order chi connectivity index (χ1) is 15.4. The summed E-state index contributed by atoms with van der Waals surface area (Å²) >= 11 is 0. The molecule has 0 aliphatic rings. The summed E-state index contributed by atoms with van der Waals surface area (Å²) in [5.41, 5.74) is 6.83. The Morgan fingerprint density at radius 3 is 2.48 bits per heavy atom. The second-order valence-corrected chi connectivity index (χ2v) is 9.40. The number of ether oxygens (including phenoxy) is 2. The summed E-state index contributed by atoms with van der Waals surface area (Å²) in [5, 5.41) is 4.19. The second kappa shape index (κ2) is 9.29. The molecule has 0 aliphatic carbocycles. The van der Waals surface area contributed by atoms with Crippen LogP contribution < -0.4 is 26.0 Å². The zero-order valence-electron chi connectivity index (χ0n) is 20.2. The molecule has 8 heteroatoms. The van der Waals surface area contributed by atoms with Crippen LogP contribution in [0.15, 0.2) is 36.4 Å². The van der Waals surface area contributed by atoms with Gasteiger partial charge >= 0.3 is 0 Å². The normalized spacial score (nSPS) is 11.9. The number of hydrogen-bond donors (Lipinski definition) is 2. The number of nitrogens with zero attached hydrogens (tertiary/aromatic N) is 2. The topological polar surface area (TPSA) is 99.4 Å². The number of hydrogen-bond acceptors (Lipinski definition) is 6. The van der Waals surface area contributed by atoms with Gasteiger partial charge in [0.2, 0.25) is 5.91 Å². The van der Waals surface area contributed by atoms with Gasteiger partial charge in [0.15, 0.2) is 11.5 Å². The van der Waals surface area contributed by atoms with Crippen LogP contribution in [-0.4, -0.2) is 37.4 Å². The number of aryl methyl sites for hydroxylation is 1. The number of rotatable bonds is 9. The average molecular weight is 446 g/mol. The fourth-order valence-electron chi connectivity index (χ4n) is 3.32. The van der Waals surface area contributed by atoms with E-state index in [4.69, 9.17) is 23.1 Å². The predicted molar refractivity (Wildman–Crippen MR) is 132 cm³/mol. The molecule has 0 spiro atoms. The molecule has 0 saturated carbocycles. The van der Waals surface area contributed by atoms with Crippen LogP contribution in [-0.2, 0) is 11.3 Å². The number of benzene rings is 2. The first-order valence-electron chi connectivity index (χ1n) is 10.8. The number of amides is 1. The maximum Gasteiger partial charge on any atom is 0.223 e. The molecule has 2 aromatic carbocycles. The molecule has 3 N–H and O–H groups in total. The van der Waals surface area contributed by atoms with Crippen molar-refractivity contribution in [1.82, 2.24) is 9.97 Å². The summed E-state index contributed by atoms with van der Waals surface area (Å²) in [6.07, 6.45) is 0.